The summed E-state index contributed by atoms with van der Waals surface area (Å²) in [6.07, 6.45) is 4.53. The fourth-order valence-corrected chi connectivity index (χ4v) is 6.96. The predicted molar refractivity (Wildman–Crippen MR) is 189 cm³/mol. The Kier molecular flexibility index (Phi) is 8.71. The summed E-state index contributed by atoms with van der Waals surface area (Å²) in [6, 6.07) is 41.7. The monoisotopic (exact) mass is 622 g/mol. The third-order valence-electron chi connectivity index (χ3n) is 9.41. The molecule has 0 saturated heterocycles. The standard InChI is InChI=1S/C42H42N2O3/c1-3-5-25-43(26-6-4-2)33-21-23-37-39(27-33)46-40-28-34(22-24-38(40)42(37)36-20-14-13-19-35(36)41(45)47-42)44(29-31-15-9-7-10-16-31)30-32-17-11-8-12-18-32/h7-24,27-28H,3-6,25-26,29-30H2,1-2H3. The van der Waals surface area contributed by atoms with Gasteiger partial charge in [-0.25, -0.2) is 4.79 Å². The smallest absolute Gasteiger partial charge is 0.340 e. The molecule has 5 aromatic rings. The molecule has 5 heteroatoms. The summed E-state index contributed by atoms with van der Waals surface area (Å²) >= 11 is 0. The Hall–Kier alpha value is -5.03. The normalized spacial score (nSPS) is 15.7. The van der Waals surface area contributed by atoms with Gasteiger partial charge in [0.1, 0.15) is 11.5 Å². The van der Waals surface area contributed by atoms with Crippen LogP contribution in [-0.2, 0) is 23.4 Å². The molecule has 0 saturated carbocycles. The van der Waals surface area contributed by atoms with Crippen LogP contribution in [0, 0.1) is 0 Å². The van der Waals surface area contributed by atoms with E-state index in [2.05, 4.69) is 121 Å². The number of hydrogen-bond donors (Lipinski definition) is 0. The largest absolute Gasteiger partial charge is 0.456 e. The van der Waals surface area contributed by atoms with Crippen LogP contribution in [0.3, 0.4) is 0 Å². The van der Waals surface area contributed by atoms with Gasteiger partial charge in [0.15, 0.2) is 5.60 Å². The fourth-order valence-electron chi connectivity index (χ4n) is 6.96. The predicted octanol–water partition coefficient (Wildman–Crippen LogP) is 9.87. The van der Waals surface area contributed by atoms with Gasteiger partial charge in [0.2, 0.25) is 0 Å². The molecule has 0 amide bonds. The summed E-state index contributed by atoms with van der Waals surface area (Å²) in [6.45, 7) is 7.93. The first-order valence-corrected chi connectivity index (χ1v) is 17.0. The lowest BCUT2D eigenvalue weighted by molar-refractivity contribution is 0.0224. The highest BCUT2D eigenvalue weighted by molar-refractivity contribution is 5.97. The highest BCUT2D eigenvalue weighted by Gasteiger charge is 2.53. The Morgan fingerprint density at radius 3 is 1.64 bits per heavy atom. The highest BCUT2D eigenvalue weighted by Crippen LogP contribution is 2.57. The first-order valence-electron chi connectivity index (χ1n) is 17.0. The summed E-state index contributed by atoms with van der Waals surface area (Å²) in [5, 5.41) is 0. The van der Waals surface area contributed by atoms with Gasteiger partial charge < -0.3 is 19.3 Å². The molecule has 0 radical (unpaired) electrons. The summed E-state index contributed by atoms with van der Waals surface area (Å²) in [5.74, 6) is 1.12. The third kappa shape index (κ3) is 5.87. The molecule has 47 heavy (non-hydrogen) atoms. The fraction of sp³-hybridized carbons (Fsp3) is 0.262. The van der Waals surface area contributed by atoms with Gasteiger partial charge in [0.05, 0.1) is 5.56 Å². The summed E-state index contributed by atoms with van der Waals surface area (Å²) in [4.78, 5) is 18.3. The van der Waals surface area contributed by atoms with E-state index in [4.69, 9.17) is 9.47 Å². The van der Waals surface area contributed by atoms with Gasteiger partial charge in [-0.15, -0.1) is 0 Å². The van der Waals surface area contributed by atoms with Crippen molar-refractivity contribution in [3.8, 4) is 11.5 Å². The molecule has 2 heterocycles. The molecule has 5 nitrogen and oxygen atoms in total. The minimum absolute atomic E-state index is 0.310. The van der Waals surface area contributed by atoms with Crippen LogP contribution in [-0.4, -0.2) is 19.1 Å². The quantitative estimate of drug-likeness (QED) is 0.130. The SMILES string of the molecule is CCCCN(CCCC)c1ccc2c(c1)Oc1cc(N(Cc3ccccc3)Cc3ccccc3)ccc1C21OC(=O)c2ccccc21. The van der Waals surface area contributed by atoms with Crippen molar-refractivity contribution < 1.29 is 14.3 Å². The van der Waals surface area contributed by atoms with Crippen molar-refractivity contribution >= 4 is 17.3 Å². The molecule has 0 bridgehead atoms. The van der Waals surface area contributed by atoms with Crippen LogP contribution in [0.1, 0.15) is 77.7 Å². The van der Waals surface area contributed by atoms with Gasteiger partial charge in [-0.3, -0.25) is 0 Å². The maximum Gasteiger partial charge on any atom is 0.340 e. The van der Waals surface area contributed by atoms with Crippen LogP contribution in [0.15, 0.2) is 121 Å². The molecule has 0 aromatic heterocycles. The van der Waals surface area contributed by atoms with Crippen molar-refractivity contribution in [2.45, 2.75) is 58.2 Å². The second kappa shape index (κ2) is 13.4. The molecule has 5 aromatic carbocycles. The van der Waals surface area contributed by atoms with Crippen molar-refractivity contribution in [3.63, 3.8) is 0 Å². The first-order chi connectivity index (χ1) is 23.1. The lowest BCUT2D eigenvalue weighted by Gasteiger charge is -2.38. The van der Waals surface area contributed by atoms with E-state index in [0.717, 1.165) is 85.7 Å². The van der Waals surface area contributed by atoms with Gasteiger partial charge in [0, 0.05) is 66.4 Å². The molecular formula is C42H42N2O3. The first kappa shape index (κ1) is 30.6. The number of fused-ring (bicyclic) bond motifs is 6. The van der Waals surface area contributed by atoms with E-state index >= 15 is 0 Å². The Balaban J connectivity index is 1.35. The third-order valence-corrected chi connectivity index (χ3v) is 9.41. The molecule has 1 spiro atoms. The van der Waals surface area contributed by atoms with Crippen LogP contribution >= 0.6 is 0 Å². The minimum Gasteiger partial charge on any atom is -0.456 e. The maximum absolute atomic E-state index is 13.5. The summed E-state index contributed by atoms with van der Waals surface area (Å²) in [5.41, 5.74) is 6.69. The van der Waals surface area contributed by atoms with Crippen LogP contribution in [0.2, 0.25) is 0 Å². The van der Waals surface area contributed by atoms with Gasteiger partial charge in [0.25, 0.3) is 0 Å². The molecule has 0 aliphatic carbocycles. The second-order valence-electron chi connectivity index (χ2n) is 12.6. The minimum atomic E-state index is -1.09. The van der Waals surface area contributed by atoms with E-state index in [1.807, 2.05) is 24.3 Å². The van der Waals surface area contributed by atoms with Crippen molar-refractivity contribution in [2.75, 3.05) is 22.9 Å². The van der Waals surface area contributed by atoms with E-state index in [0.29, 0.717) is 11.3 Å². The number of rotatable bonds is 12. The van der Waals surface area contributed by atoms with Crippen molar-refractivity contribution in [1.29, 1.82) is 0 Å². The van der Waals surface area contributed by atoms with Crippen LogP contribution in [0.5, 0.6) is 11.5 Å². The van der Waals surface area contributed by atoms with Crippen molar-refractivity contribution in [1.82, 2.24) is 0 Å². The van der Waals surface area contributed by atoms with Gasteiger partial charge in [-0.05, 0) is 54.3 Å². The molecular weight excluding hydrogens is 580 g/mol. The zero-order valence-electron chi connectivity index (χ0n) is 27.3. The molecule has 0 N–H and O–H groups in total. The average molecular weight is 623 g/mol. The van der Waals surface area contributed by atoms with Crippen LogP contribution in [0.4, 0.5) is 11.4 Å². The number of esters is 1. The number of hydrogen-bond acceptors (Lipinski definition) is 5. The molecule has 1 unspecified atom stereocenters. The lowest BCUT2D eigenvalue weighted by atomic mass is 9.77. The Morgan fingerprint density at radius 2 is 1.09 bits per heavy atom. The van der Waals surface area contributed by atoms with Crippen molar-refractivity contribution in [2.24, 2.45) is 0 Å². The number of anilines is 2. The van der Waals surface area contributed by atoms with Crippen LogP contribution < -0.4 is 14.5 Å². The average Bonchev–Trinajstić information content (AvgIpc) is 3.41. The highest BCUT2D eigenvalue weighted by atomic mass is 16.6. The Bertz CT molecular complexity index is 1810. The molecule has 2 aliphatic rings. The van der Waals surface area contributed by atoms with E-state index in [-0.39, 0.29) is 5.97 Å². The maximum atomic E-state index is 13.5. The van der Waals surface area contributed by atoms with Crippen molar-refractivity contribution in [3.05, 3.63) is 155 Å². The number of ether oxygens (including phenoxy) is 2. The summed E-state index contributed by atoms with van der Waals surface area (Å²) < 4.78 is 13.3. The lowest BCUT2D eigenvalue weighted by Crippen LogP contribution is -2.33. The second-order valence-corrected chi connectivity index (χ2v) is 12.6. The van der Waals surface area contributed by atoms with E-state index in [1.165, 1.54) is 11.1 Å². The van der Waals surface area contributed by atoms with Crippen LogP contribution in [0.25, 0.3) is 0 Å². The number of nitrogens with zero attached hydrogens (tertiary/aromatic N) is 2. The zero-order valence-corrected chi connectivity index (χ0v) is 27.3. The van der Waals surface area contributed by atoms with E-state index in [9.17, 15) is 4.79 Å². The number of benzene rings is 5. The molecule has 7 rings (SSSR count). The van der Waals surface area contributed by atoms with Gasteiger partial charge in [-0.1, -0.05) is 106 Å². The topological polar surface area (TPSA) is 42.0 Å². The van der Waals surface area contributed by atoms with Gasteiger partial charge >= 0.3 is 5.97 Å². The summed E-state index contributed by atoms with van der Waals surface area (Å²) in [7, 11) is 0. The van der Waals surface area contributed by atoms with E-state index < -0.39 is 5.60 Å². The molecule has 2 aliphatic heterocycles. The molecule has 238 valence electrons. The Labute approximate surface area is 278 Å². The zero-order chi connectivity index (χ0) is 32.2. The number of carbonyl (C=O) groups is 1. The molecule has 0 fully saturated rings. The number of carbonyl (C=O) groups excluding carboxylic acids is 1. The van der Waals surface area contributed by atoms with E-state index in [1.54, 1.807) is 0 Å². The number of unbranched alkanes of at least 4 members (excludes halogenated alkanes) is 2. The molecule has 1 atom stereocenters. The van der Waals surface area contributed by atoms with Gasteiger partial charge in [-0.2, -0.15) is 0 Å². The Morgan fingerprint density at radius 1 is 0.574 bits per heavy atom.